The van der Waals surface area contributed by atoms with Crippen molar-refractivity contribution in [3.63, 3.8) is 0 Å². The molecule has 7 nitrogen and oxygen atoms in total. The standard InChI is InChI=1S/C5H12N2O.C4H6O4/c1-6-4-5(8)7(2)3;5-3(6)1-2-4(7)8/h6H,4H2,1-3H3;1-2H2,(H,5,6)(H,7,8). The molecule has 0 bridgehead atoms. The number of hydrogen-bond acceptors (Lipinski definition) is 4. The average Bonchev–Trinajstić information content (AvgIpc) is 2.16. The number of hydrogen-bond donors (Lipinski definition) is 3. The molecular weight excluding hydrogens is 216 g/mol. The van der Waals surface area contributed by atoms with E-state index in [4.69, 9.17) is 10.2 Å². The Hall–Kier alpha value is -1.63. The lowest BCUT2D eigenvalue weighted by Crippen LogP contribution is -2.30. The first-order chi connectivity index (χ1) is 7.31. The molecule has 0 aliphatic carbocycles. The predicted octanol–water partition coefficient (Wildman–Crippen LogP) is -0.770. The van der Waals surface area contributed by atoms with Gasteiger partial charge in [0.05, 0.1) is 19.4 Å². The fourth-order valence-electron chi connectivity index (χ4n) is 0.523. The van der Waals surface area contributed by atoms with Crippen LogP contribution in [0.4, 0.5) is 0 Å². The van der Waals surface area contributed by atoms with Gasteiger partial charge < -0.3 is 20.4 Å². The molecule has 0 aromatic heterocycles. The van der Waals surface area contributed by atoms with Gasteiger partial charge in [-0.25, -0.2) is 0 Å². The number of amides is 1. The smallest absolute Gasteiger partial charge is 0.303 e. The quantitative estimate of drug-likeness (QED) is 0.576. The van der Waals surface area contributed by atoms with Crippen LogP contribution >= 0.6 is 0 Å². The van der Waals surface area contributed by atoms with E-state index in [9.17, 15) is 14.4 Å². The Morgan fingerprint density at radius 1 is 1.06 bits per heavy atom. The highest BCUT2D eigenvalue weighted by Crippen LogP contribution is 1.86. The monoisotopic (exact) mass is 234 g/mol. The van der Waals surface area contributed by atoms with Gasteiger partial charge >= 0.3 is 11.9 Å². The van der Waals surface area contributed by atoms with Crippen LogP contribution in [0.2, 0.25) is 0 Å². The summed E-state index contributed by atoms with van der Waals surface area (Å²) in [6, 6.07) is 0. The fourth-order valence-corrected chi connectivity index (χ4v) is 0.523. The molecule has 0 aromatic carbocycles. The molecule has 0 fully saturated rings. The van der Waals surface area contributed by atoms with E-state index in [1.165, 1.54) is 0 Å². The SMILES string of the molecule is CNCC(=O)N(C)C.O=C(O)CCC(=O)O. The number of rotatable bonds is 5. The zero-order valence-electron chi connectivity index (χ0n) is 9.69. The van der Waals surface area contributed by atoms with Crippen molar-refractivity contribution in [2.24, 2.45) is 0 Å². The van der Waals surface area contributed by atoms with Crippen molar-refractivity contribution in [1.29, 1.82) is 0 Å². The Labute approximate surface area is 94.0 Å². The lowest BCUT2D eigenvalue weighted by molar-refractivity contribution is -0.143. The molecule has 0 aromatic rings. The minimum Gasteiger partial charge on any atom is -0.481 e. The maximum atomic E-state index is 10.6. The molecule has 94 valence electrons. The second-order valence-electron chi connectivity index (χ2n) is 3.11. The molecular formula is C9H18N2O5. The van der Waals surface area contributed by atoms with E-state index in [1.54, 1.807) is 26.0 Å². The molecule has 0 rings (SSSR count). The van der Waals surface area contributed by atoms with E-state index in [1.807, 2.05) is 0 Å². The Morgan fingerprint density at radius 3 is 1.56 bits per heavy atom. The summed E-state index contributed by atoms with van der Waals surface area (Å²) in [5, 5.41) is 18.6. The Bertz CT molecular complexity index is 226. The second-order valence-corrected chi connectivity index (χ2v) is 3.11. The zero-order valence-corrected chi connectivity index (χ0v) is 9.69. The van der Waals surface area contributed by atoms with Crippen LogP contribution in [0, 0.1) is 0 Å². The maximum absolute atomic E-state index is 10.6. The zero-order chi connectivity index (χ0) is 13.1. The fraction of sp³-hybridized carbons (Fsp3) is 0.667. The van der Waals surface area contributed by atoms with Crippen LogP contribution in [0.1, 0.15) is 12.8 Å². The summed E-state index contributed by atoms with van der Waals surface area (Å²) in [5.41, 5.74) is 0. The van der Waals surface area contributed by atoms with Gasteiger partial charge in [-0.3, -0.25) is 14.4 Å². The largest absolute Gasteiger partial charge is 0.481 e. The van der Waals surface area contributed by atoms with Gasteiger partial charge in [0.2, 0.25) is 5.91 Å². The van der Waals surface area contributed by atoms with Gasteiger partial charge in [-0.2, -0.15) is 0 Å². The topological polar surface area (TPSA) is 107 Å². The minimum atomic E-state index is -1.08. The van der Waals surface area contributed by atoms with E-state index in [-0.39, 0.29) is 18.7 Å². The molecule has 0 radical (unpaired) electrons. The number of carboxylic acid groups (broad SMARTS) is 2. The van der Waals surface area contributed by atoms with E-state index in [2.05, 4.69) is 5.32 Å². The minimum absolute atomic E-state index is 0.104. The van der Waals surface area contributed by atoms with Gasteiger partial charge in [-0.15, -0.1) is 0 Å². The summed E-state index contributed by atoms with van der Waals surface area (Å²) in [5.74, 6) is -2.05. The third kappa shape index (κ3) is 14.9. The number of carbonyl (C=O) groups is 3. The summed E-state index contributed by atoms with van der Waals surface area (Å²) in [6.07, 6.45) is -0.593. The highest BCUT2D eigenvalue weighted by atomic mass is 16.4. The van der Waals surface area contributed by atoms with Gasteiger partial charge in [0.25, 0.3) is 0 Å². The molecule has 0 saturated heterocycles. The van der Waals surface area contributed by atoms with Crippen LogP contribution in [0.25, 0.3) is 0 Å². The highest BCUT2D eigenvalue weighted by Gasteiger charge is 2.00. The number of aliphatic carboxylic acids is 2. The molecule has 16 heavy (non-hydrogen) atoms. The lowest BCUT2D eigenvalue weighted by atomic mass is 10.3. The molecule has 0 aliphatic heterocycles. The van der Waals surface area contributed by atoms with Gasteiger partial charge in [0.1, 0.15) is 0 Å². The molecule has 0 atom stereocenters. The molecule has 0 heterocycles. The van der Waals surface area contributed by atoms with Gasteiger partial charge in [0, 0.05) is 14.1 Å². The van der Waals surface area contributed by atoms with Crippen molar-refractivity contribution in [2.45, 2.75) is 12.8 Å². The van der Waals surface area contributed by atoms with Gasteiger partial charge in [0.15, 0.2) is 0 Å². The van der Waals surface area contributed by atoms with Crippen molar-refractivity contribution in [2.75, 3.05) is 27.7 Å². The van der Waals surface area contributed by atoms with Crippen LogP contribution < -0.4 is 5.32 Å². The molecule has 0 unspecified atom stereocenters. The maximum Gasteiger partial charge on any atom is 0.303 e. The summed E-state index contributed by atoms with van der Waals surface area (Å²) in [4.78, 5) is 31.4. The van der Waals surface area contributed by atoms with E-state index < -0.39 is 11.9 Å². The summed E-state index contributed by atoms with van der Waals surface area (Å²) >= 11 is 0. The van der Waals surface area contributed by atoms with E-state index in [0.717, 1.165) is 0 Å². The van der Waals surface area contributed by atoms with Crippen LogP contribution in [0.3, 0.4) is 0 Å². The first kappa shape index (κ1) is 16.8. The summed E-state index contributed by atoms with van der Waals surface area (Å²) in [6.45, 7) is 0.424. The number of carbonyl (C=O) groups excluding carboxylic acids is 1. The number of carboxylic acids is 2. The number of nitrogens with one attached hydrogen (secondary N) is 1. The van der Waals surface area contributed by atoms with Crippen LogP contribution in [0.5, 0.6) is 0 Å². The molecule has 7 heteroatoms. The van der Waals surface area contributed by atoms with Crippen molar-refractivity contribution >= 4 is 17.8 Å². The normalized spacial score (nSPS) is 8.69. The molecule has 0 spiro atoms. The first-order valence-corrected chi connectivity index (χ1v) is 4.59. The highest BCUT2D eigenvalue weighted by molar-refractivity contribution is 5.77. The summed E-state index contributed by atoms with van der Waals surface area (Å²) in [7, 11) is 5.22. The van der Waals surface area contributed by atoms with Gasteiger partial charge in [-0.1, -0.05) is 0 Å². The predicted molar refractivity (Wildman–Crippen MR) is 57.1 cm³/mol. The average molecular weight is 234 g/mol. The van der Waals surface area contributed by atoms with Crippen molar-refractivity contribution in [1.82, 2.24) is 10.2 Å². The lowest BCUT2D eigenvalue weighted by Gasteiger charge is -2.07. The van der Waals surface area contributed by atoms with E-state index >= 15 is 0 Å². The second kappa shape index (κ2) is 9.91. The Morgan fingerprint density at radius 2 is 1.44 bits per heavy atom. The third-order valence-corrected chi connectivity index (χ3v) is 1.38. The number of nitrogens with zero attached hydrogens (tertiary/aromatic N) is 1. The van der Waals surface area contributed by atoms with E-state index in [0.29, 0.717) is 6.54 Å². The third-order valence-electron chi connectivity index (χ3n) is 1.38. The molecule has 0 saturated carbocycles. The molecule has 3 N–H and O–H groups in total. The van der Waals surface area contributed by atoms with Crippen LogP contribution in [0.15, 0.2) is 0 Å². The van der Waals surface area contributed by atoms with Crippen molar-refractivity contribution < 1.29 is 24.6 Å². The Balaban J connectivity index is 0. The van der Waals surface area contributed by atoms with Crippen LogP contribution in [-0.2, 0) is 14.4 Å². The molecule has 1 amide bonds. The molecule has 0 aliphatic rings. The van der Waals surface area contributed by atoms with Crippen molar-refractivity contribution in [3.05, 3.63) is 0 Å². The Kier molecular flexibility index (Phi) is 10.4. The summed E-state index contributed by atoms with van der Waals surface area (Å²) < 4.78 is 0. The first-order valence-electron chi connectivity index (χ1n) is 4.59. The number of likely N-dealkylation sites (N-methyl/N-ethyl adjacent to an activating group) is 2. The van der Waals surface area contributed by atoms with Crippen molar-refractivity contribution in [3.8, 4) is 0 Å². The van der Waals surface area contributed by atoms with Crippen LogP contribution in [-0.4, -0.2) is 60.6 Å². The van der Waals surface area contributed by atoms with Gasteiger partial charge in [-0.05, 0) is 7.05 Å².